The van der Waals surface area contributed by atoms with E-state index >= 15 is 0 Å². The number of aromatic nitrogens is 4. The van der Waals surface area contributed by atoms with Gasteiger partial charge in [0, 0.05) is 12.7 Å². The summed E-state index contributed by atoms with van der Waals surface area (Å²) in [6, 6.07) is 0. The first-order chi connectivity index (χ1) is 9.20. The number of aryl methyl sites for hydroxylation is 1. The Balaban J connectivity index is 1.94. The predicted octanol–water partition coefficient (Wildman–Crippen LogP) is 1.80. The monoisotopic (exact) mass is 261 g/mol. The van der Waals surface area contributed by atoms with Gasteiger partial charge in [0.2, 0.25) is 5.88 Å². The Bertz CT molecular complexity index is 538. The molecule has 2 aromatic heterocycles. The van der Waals surface area contributed by atoms with Gasteiger partial charge in [-0.2, -0.15) is 5.10 Å². The summed E-state index contributed by atoms with van der Waals surface area (Å²) in [6.45, 7) is 8.07. The van der Waals surface area contributed by atoms with Gasteiger partial charge in [-0.25, -0.2) is 9.97 Å². The first-order valence-electron chi connectivity index (χ1n) is 6.38. The lowest BCUT2D eigenvalue weighted by molar-refractivity contribution is 0.324. The zero-order chi connectivity index (χ0) is 13.7. The Hall–Kier alpha value is -2.11. The normalized spacial score (nSPS) is 10.5. The Morgan fingerprint density at radius 1 is 1.32 bits per heavy atom. The number of nitrogens with one attached hydrogen (secondary N) is 1. The van der Waals surface area contributed by atoms with Crippen molar-refractivity contribution in [2.45, 2.75) is 27.3 Å². The predicted molar refractivity (Wildman–Crippen MR) is 73.4 cm³/mol. The molecule has 0 radical (unpaired) electrons. The van der Waals surface area contributed by atoms with E-state index in [-0.39, 0.29) is 0 Å². The van der Waals surface area contributed by atoms with Crippen molar-refractivity contribution in [1.82, 2.24) is 19.7 Å². The molecule has 0 saturated carbocycles. The van der Waals surface area contributed by atoms with Crippen LogP contribution in [0, 0.1) is 13.8 Å². The smallest absolute Gasteiger partial charge is 0.221 e. The summed E-state index contributed by atoms with van der Waals surface area (Å²) in [6.07, 6.45) is 5.38. The van der Waals surface area contributed by atoms with Crippen molar-refractivity contribution in [2.24, 2.45) is 0 Å². The SMILES string of the molecule is CCOc1ncnc(NCCn2cc(C)cn2)c1C. The maximum absolute atomic E-state index is 5.44. The fourth-order valence-corrected chi connectivity index (χ4v) is 1.77. The van der Waals surface area contributed by atoms with Gasteiger partial charge in [0.05, 0.1) is 24.9 Å². The highest BCUT2D eigenvalue weighted by molar-refractivity contribution is 5.47. The van der Waals surface area contributed by atoms with Crippen molar-refractivity contribution < 1.29 is 4.74 Å². The third-order valence-corrected chi connectivity index (χ3v) is 2.71. The van der Waals surface area contributed by atoms with E-state index < -0.39 is 0 Å². The van der Waals surface area contributed by atoms with Crippen LogP contribution in [0.4, 0.5) is 5.82 Å². The first-order valence-corrected chi connectivity index (χ1v) is 6.38. The molecule has 0 saturated heterocycles. The van der Waals surface area contributed by atoms with Crippen LogP contribution in [0.25, 0.3) is 0 Å². The molecule has 1 N–H and O–H groups in total. The standard InChI is InChI=1S/C13H19N5O/c1-4-19-13-11(3)12(15-9-16-13)14-5-6-18-8-10(2)7-17-18/h7-9H,4-6H2,1-3H3,(H,14,15,16). The quantitative estimate of drug-likeness (QED) is 0.859. The summed E-state index contributed by atoms with van der Waals surface area (Å²) < 4.78 is 7.34. The number of ether oxygens (including phenoxy) is 1. The van der Waals surface area contributed by atoms with Crippen LogP contribution in [0.15, 0.2) is 18.7 Å². The minimum atomic E-state index is 0.601. The molecule has 0 atom stereocenters. The molecule has 0 aliphatic heterocycles. The van der Waals surface area contributed by atoms with E-state index in [1.807, 2.05) is 37.8 Å². The average molecular weight is 261 g/mol. The molecule has 0 unspecified atom stereocenters. The van der Waals surface area contributed by atoms with Crippen LogP contribution < -0.4 is 10.1 Å². The molecular weight excluding hydrogens is 242 g/mol. The van der Waals surface area contributed by atoms with Crippen LogP contribution in [0.5, 0.6) is 5.88 Å². The van der Waals surface area contributed by atoms with Crippen LogP contribution in [0.3, 0.4) is 0 Å². The maximum Gasteiger partial charge on any atom is 0.221 e. The minimum Gasteiger partial charge on any atom is -0.478 e. The van der Waals surface area contributed by atoms with E-state index in [9.17, 15) is 0 Å². The third kappa shape index (κ3) is 3.43. The van der Waals surface area contributed by atoms with Crippen LogP contribution in [-0.2, 0) is 6.54 Å². The van der Waals surface area contributed by atoms with Gasteiger partial charge in [-0.05, 0) is 26.3 Å². The number of rotatable bonds is 6. The highest BCUT2D eigenvalue weighted by Crippen LogP contribution is 2.19. The molecule has 0 bridgehead atoms. The van der Waals surface area contributed by atoms with E-state index in [2.05, 4.69) is 20.4 Å². The molecular formula is C13H19N5O. The topological polar surface area (TPSA) is 64.9 Å². The molecule has 0 fully saturated rings. The number of nitrogens with zero attached hydrogens (tertiary/aromatic N) is 4. The summed E-state index contributed by atoms with van der Waals surface area (Å²) in [5.74, 6) is 1.44. The lowest BCUT2D eigenvalue weighted by Gasteiger charge is -2.11. The van der Waals surface area contributed by atoms with Gasteiger partial charge in [0.15, 0.2) is 0 Å². The molecule has 2 aromatic rings. The van der Waals surface area contributed by atoms with Crippen molar-refractivity contribution in [3.8, 4) is 5.88 Å². The second-order valence-electron chi connectivity index (χ2n) is 4.29. The summed E-state index contributed by atoms with van der Waals surface area (Å²) in [5, 5.41) is 7.51. The molecule has 6 heteroatoms. The van der Waals surface area contributed by atoms with Gasteiger partial charge in [0.1, 0.15) is 12.1 Å². The third-order valence-electron chi connectivity index (χ3n) is 2.71. The zero-order valence-corrected chi connectivity index (χ0v) is 11.6. The molecule has 0 aromatic carbocycles. The highest BCUT2D eigenvalue weighted by Gasteiger charge is 2.07. The van der Waals surface area contributed by atoms with E-state index in [4.69, 9.17) is 4.74 Å². The van der Waals surface area contributed by atoms with Gasteiger partial charge >= 0.3 is 0 Å². The lowest BCUT2D eigenvalue weighted by Crippen LogP contribution is -2.13. The van der Waals surface area contributed by atoms with E-state index in [1.54, 1.807) is 0 Å². The molecule has 2 heterocycles. The van der Waals surface area contributed by atoms with Gasteiger partial charge in [-0.3, -0.25) is 4.68 Å². The van der Waals surface area contributed by atoms with Crippen LogP contribution in [0.2, 0.25) is 0 Å². The van der Waals surface area contributed by atoms with Crippen molar-refractivity contribution in [3.05, 3.63) is 29.8 Å². The molecule has 0 aliphatic rings. The van der Waals surface area contributed by atoms with Gasteiger partial charge in [0.25, 0.3) is 0 Å². The number of hydrogen-bond acceptors (Lipinski definition) is 5. The molecule has 0 spiro atoms. The summed E-state index contributed by atoms with van der Waals surface area (Å²) in [7, 11) is 0. The summed E-state index contributed by atoms with van der Waals surface area (Å²) in [5.41, 5.74) is 2.10. The first kappa shape index (κ1) is 13.3. The van der Waals surface area contributed by atoms with Crippen molar-refractivity contribution >= 4 is 5.82 Å². The minimum absolute atomic E-state index is 0.601. The lowest BCUT2D eigenvalue weighted by atomic mass is 10.3. The second-order valence-corrected chi connectivity index (χ2v) is 4.29. The fourth-order valence-electron chi connectivity index (χ4n) is 1.77. The molecule has 6 nitrogen and oxygen atoms in total. The number of anilines is 1. The average Bonchev–Trinajstić information content (AvgIpc) is 2.80. The molecule has 102 valence electrons. The fraction of sp³-hybridized carbons (Fsp3) is 0.462. The Labute approximate surface area is 112 Å². The highest BCUT2D eigenvalue weighted by atomic mass is 16.5. The Morgan fingerprint density at radius 3 is 2.84 bits per heavy atom. The maximum atomic E-state index is 5.44. The van der Waals surface area contributed by atoms with Gasteiger partial charge in [-0.1, -0.05) is 0 Å². The van der Waals surface area contributed by atoms with Gasteiger partial charge in [-0.15, -0.1) is 0 Å². The molecule has 2 rings (SSSR count). The summed E-state index contributed by atoms with van der Waals surface area (Å²) >= 11 is 0. The van der Waals surface area contributed by atoms with Crippen LogP contribution >= 0.6 is 0 Å². The van der Waals surface area contributed by atoms with Crippen molar-refractivity contribution in [3.63, 3.8) is 0 Å². The van der Waals surface area contributed by atoms with E-state index in [0.717, 1.165) is 30.0 Å². The zero-order valence-electron chi connectivity index (χ0n) is 11.6. The van der Waals surface area contributed by atoms with E-state index in [1.165, 1.54) is 6.33 Å². The number of hydrogen-bond donors (Lipinski definition) is 1. The van der Waals surface area contributed by atoms with Crippen LogP contribution in [0.1, 0.15) is 18.1 Å². The largest absolute Gasteiger partial charge is 0.478 e. The van der Waals surface area contributed by atoms with Crippen LogP contribution in [-0.4, -0.2) is 32.9 Å². The Kier molecular flexibility index (Phi) is 4.33. The summed E-state index contributed by atoms with van der Waals surface area (Å²) in [4.78, 5) is 8.33. The van der Waals surface area contributed by atoms with Gasteiger partial charge < -0.3 is 10.1 Å². The van der Waals surface area contributed by atoms with Crippen molar-refractivity contribution in [1.29, 1.82) is 0 Å². The molecule has 19 heavy (non-hydrogen) atoms. The second kappa shape index (κ2) is 6.17. The molecule has 0 amide bonds. The van der Waals surface area contributed by atoms with Crippen molar-refractivity contribution in [2.75, 3.05) is 18.5 Å². The Morgan fingerprint density at radius 2 is 2.16 bits per heavy atom. The van der Waals surface area contributed by atoms with E-state index in [0.29, 0.717) is 12.5 Å². The molecule has 0 aliphatic carbocycles.